The summed E-state index contributed by atoms with van der Waals surface area (Å²) in [6.45, 7) is 9.50. The summed E-state index contributed by atoms with van der Waals surface area (Å²) in [4.78, 5) is 15.7. The van der Waals surface area contributed by atoms with E-state index >= 15 is 0 Å². The van der Waals surface area contributed by atoms with Gasteiger partial charge in [0.2, 0.25) is 0 Å². The van der Waals surface area contributed by atoms with Crippen LogP contribution in [0.3, 0.4) is 0 Å². The third-order valence-electron chi connectivity index (χ3n) is 3.10. The van der Waals surface area contributed by atoms with Gasteiger partial charge in [-0.15, -0.1) is 11.3 Å². The van der Waals surface area contributed by atoms with Crippen molar-refractivity contribution in [2.75, 3.05) is 6.61 Å². The predicted molar refractivity (Wildman–Crippen MR) is 80.3 cm³/mol. The number of rotatable bonds is 8. The van der Waals surface area contributed by atoms with Gasteiger partial charge in [0.05, 0.1) is 6.61 Å². The van der Waals surface area contributed by atoms with Crippen molar-refractivity contribution in [3.05, 3.63) is 22.4 Å². The average molecular weight is 283 g/mol. The van der Waals surface area contributed by atoms with Crippen LogP contribution in [0.2, 0.25) is 0 Å². The molecule has 0 aliphatic rings. The standard InChI is InChI=1S/C15H25NO2S/c1-5-8-14(15(17)18-6-2)16(12(3)4)11-13-9-7-10-19-13/h7,9-10,12,14H,5-6,8,11H2,1-4H3. The molecule has 1 unspecified atom stereocenters. The molecular formula is C15H25NO2S. The Morgan fingerprint density at radius 1 is 1.42 bits per heavy atom. The molecule has 1 atom stereocenters. The maximum Gasteiger partial charge on any atom is 0.323 e. The van der Waals surface area contributed by atoms with Crippen LogP contribution in [0.1, 0.15) is 45.4 Å². The van der Waals surface area contributed by atoms with E-state index in [0.717, 1.165) is 19.4 Å². The van der Waals surface area contributed by atoms with E-state index in [2.05, 4.69) is 43.2 Å². The Balaban J connectivity index is 2.82. The second kappa shape index (κ2) is 8.33. The fraction of sp³-hybridized carbons (Fsp3) is 0.667. The molecule has 0 spiro atoms. The topological polar surface area (TPSA) is 29.5 Å². The molecule has 19 heavy (non-hydrogen) atoms. The lowest BCUT2D eigenvalue weighted by atomic mass is 10.1. The van der Waals surface area contributed by atoms with Crippen LogP contribution in [0, 0.1) is 0 Å². The minimum Gasteiger partial charge on any atom is -0.465 e. The van der Waals surface area contributed by atoms with E-state index in [1.54, 1.807) is 11.3 Å². The van der Waals surface area contributed by atoms with Gasteiger partial charge in [0.1, 0.15) is 6.04 Å². The molecule has 0 saturated heterocycles. The van der Waals surface area contributed by atoms with Gasteiger partial charge in [-0.25, -0.2) is 0 Å². The summed E-state index contributed by atoms with van der Waals surface area (Å²) in [6, 6.07) is 4.36. The van der Waals surface area contributed by atoms with Crippen LogP contribution in [-0.2, 0) is 16.1 Å². The van der Waals surface area contributed by atoms with E-state index in [0.29, 0.717) is 12.6 Å². The number of carbonyl (C=O) groups is 1. The van der Waals surface area contributed by atoms with Gasteiger partial charge >= 0.3 is 5.97 Å². The molecule has 0 radical (unpaired) electrons. The van der Waals surface area contributed by atoms with E-state index in [-0.39, 0.29) is 12.0 Å². The van der Waals surface area contributed by atoms with E-state index in [1.807, 2.05) is 6.92 Å². The van der Waals surface area contributed by atoms with Crippen LogP contribution in [0.15, 0.2) is 17.5 Å². The number of hydrogen-bond acceptors (Lipinski definition) is 4. The molecule has 108 valence electrons. The molecule has 0 aliphatic heterocycles. The lowest BCUT2D eigenvalue weighted by Gasteiger charge is -2.33. The van der Waals surface area contributed by atoms with Crippen LogP contribution in [0.4, 0.5) is 0 Å². The van der Waals surface area contributed by atoms with Gasteiger partial charge in [0.15, 0.2) is 0 Å². The normalized spacial score (nSPS) is 12.9. The molecule has 0 aliphatic carbocycles. The van der Waals surface area contributed by atoms with E-state index in [9.17, 15) is 4.79 Å². The van der Waals surface area contributed by atoms with Gasteiger partial charge in [-0.2, -0.15) is 0 Å². The number of thiophene rings is 1. The van der Waals surface area contributed by atoms with Crippen molar-refractivity contribution in [2.45, 2.75) is 59.2 Å². The minimum absolute atomic E-state index is 0.0883. The monoisotopic (exact) mass is 283 g/mol. The van der Waals surface area contributed by atoms with Crippen LogP contribution in [0.5, 0.6) is 0 Å². The van der Waals surface area contributed by atoms with Crippen LogP contribution < -0.4 is 0 Å². The first-order valence-electron chi connectivity index (χ1n) is 7.04. The van der Waals surface area contributed by atoms with E-state index in [4.69, 9.17) is 4.74 Å². The number of nitrogens with zero attached hydrogens (tertiary/aromatic N) is 1. The molecule has 0 amide bonds. The van der Waals surface area contributed by atoms with Crippen molar-refractivity contribution < 1.29 is 9.53 Å². The molecular weight excluding hydrogens is 258 g/mol. The highest BCUT2D eigenvalue weighted by atomic mass is 32.1. The number of carbonyl (C=O) groups excluding carboxylic acids is 1. The molecule has 0 bridgehead atoms. The Labute approximate surface area is 120 Å². The largest absolute Gasteiger partial charge is 0.465 e. The summed E-state index contributed by atoms with van der Waals surface area (Å²) >= 11 is 1.74. The first-order valence-corrected chi connectivity index (χ1v) is 7.92. The molecule has 1 heterocycles. The molecule has 3 nitrogen and oxygen atoms in total. The molecule has 1 rings (SSSR count). The minimum atomic E-state index is -0.132. The molecule has 0 fully saturated rings. The fourth-order valence-corrected chi connectivity index (χ4v) is 2.88. The first kappa shape index (κ1) is 16.2. The molecule has 1 aromatic rings. The van der Waals surface area contributed by atoms with Crippen molar-refractivity contribution in [2.24, 2.45) is 0 Å². The zero-order valence-corrected chi connectivity index (χ0v) is 13.2. The quantitative estimate of drug-likeness (QED) is 0.681. The maximum absolute atomic E-state index is 12.1. The van der Waals surface area contributed by atoms with Crippen molar-refractivity contribution >= 4 is 17.3 Å². The summed E-state index contributed by atoms with van der Waals surface area (Å²) in [5.74, 6) is -0.0883. The summed E-state index contributed by atoms with van der Waals surface area (Å²) in [5.41, 5.74) is 0. The van der Waals surface area contributed by atoms with Gasteiger partial charge < -0.3 is 4.74 Å². The Kier molecular flexibility index (Phi) is 7.10. The summed E-state index contributed by atoms with van der Waals surface area (Å²) in [7, 11) is 0. The van der Waals surface area contributed by atoms with Gasteiger partial charge in [0, 0.05) is 17.5 Å². The fourth-order valence-electron chi connectivity index (χ4n) is 2.17. The van der Waals surface area contributed by atoms with Gasteiger partial charge in [-0.05, 0) is 38.6 Å². The highest BCUT2D eigenvalue weighted by Crippen LogP contribution is 2.19. The van der Waals surface area contributed by atoms with Gasteiger partial charge in [0.25, 0.3) is 0 Å². The second-order valence-electron chi connectivity index (χ2n) is 4.90. The first-order chi connectivity index (χ1) is 9.10. The zero-order valence-electron chi connectivity index (χ0n) is 12.4. The smallest absolute Gasteiger partial charge is 0.323 e. The van der Waals surface area contributed by atoms with E-state index in [1.165, 1.54) is 4.88 Å². The number of hydrogen-bond donors (Lipinski definition) is 0. The highest BCUT2D eigenvalue weighted by molar-refractivity contribution is 7.09. The van der Waals surface area contributed by atoms with Crippen molar-refractivity contribution in [3.8, 4) is 0 Å². The Morgan fingerprint density at radius 2 is 2.16 bits per heavy atom. The molecule has 4 heteroatoms. The Hall–Kier alpha value is -0.870. The molecule has 0 aromatic carbocycles. The van der Waals surface area contributed by atoms with E-state index < -0.39 is 0 Å². The van der Waals surface area contributed by atoms with Crippen LogP contribution >= 0.6 is 11.3 Å². The number of esters is 1. The SMILES string of the molecule is CCCC(C(=O)OCC)N(Cc1cccs1)C(C)C. The third kappa shape index (κ3) is 4.96. The third-order valence-corrected chi connectivity index (χ3v) is 3.96. The van der Waals surface area contributed by atoms with Crippen LogP contribution in [0.25, 0.3) is 0 Å². The van der Waals surface area contributed by atoms with Crippen LogP contribution in [-0.4, -0.2) is 29.6 Å². The van der Waals surface area contributed by atoms with Gasteiger partial charge in [-0.3, -0.25) is 9.69 Å². The predicted octanol–water partition coefficient (Wildman–Crippen LogP) is 3.69. The summed E-state index contributed by atoms with van der Waals surface area (Å²) < 4.78 is 5.23. The van der Waals surface area contributed by atoms with Crippen molar-refractivity contribution in [3.63, 3.8) is 0 Å². The Morgan fingerprint density at radius 3 is 2.63 bits per heavy atom. The zero-order chi connectivity index (χ0) is 14.3. The van der Waals surface area contributed by atoms with Crippen molar-refractivity contribution in [1.82, 2.24) is 4.90 Å². The second-order valence-corrected chi connectivity index (χ2v) is 5.93. The van der Waals surface area contributed by atoms with Gasteiger partial charge in [-0.1, -0.05) is 19.4 Å². The number of ether oxygens (including phenoxy) is 1. The summed E-state index contributed by atoms with van der Waals surface area (Å²) in [5, 5.41) is 2.08. The summed E-state index contributed by atoms with van der Waals surface area (Å²) in [6.07, 6.45) is 1.83. The molecule has 0 saturated carbocycles. The van der Waals surface area contributed by atoms with Crippen molar-refractivity contribution in [1.29, 1.82) is 0 Å². The average Bonchev–Trinajstić information content (AvgIpc) is 2.86. The lowest BCUT2D eigenvalue weighted by Crippen LogP contribution is -2.45. The highest BCUT2D eigenvalue weighted by Gasteiger charge is 2.28. The maximum atomic E-state index is 12.1. The molecule has 1 aromatic heterocycles. The lowest BCUT2D eigenvalue weighted by molar-refractivity contribution is -0.151. The Bertz CT molecular complexity index is 362. The molecule has 0 N–H and O–H groups in total.